The van der Waals surface area contributed by atoms with Gasteiger partial charge in [-0.15, -0.1) is 11.3 Å². The molecule has 0 radical (unpaired) electrons. The number of hydrogen-bond donors (Lipinski definition) is 0. The van der Waals surface area contributed by atoms with Crippen LogP contribution in [0.5, 0.6) is 11.5 Å². The average molecular weight is 795 g/mol. The van der Waals surface area contributed by atoms with E-state index in [0.717, 1.165) is 88.5 Å². The van der Waals surface area contributed by atoms with Crippen molar-refractivity contribution in [2.45, 2.75) is 5.41 Å². The van der Waals surface area contributed by atoms with Crippen LogP contribution >= 0.6 is 11.3 Å². The molecule has 0 saturated carbocycles. The molecule has 4 heteroatoms. The van der Waals surface area contributed by atoms with Gasteiger partial charge in [0.05, 0.1) is 21.3 Å². The Morgan fingerprint density at radius 1 is 0.393 bits per heavy atom. The van der Waals surface area contributed by atoms with Crippen LogP contribution in [0.4, 0.5) is 0 Å². The van der Waals surface area contributed by atoms with E-state index in [4.69, 9.17) is 14.7 Å². The number of fused-ring (bicyclic) bond motifs is 13. The van der Waals surface area contributed by atoms with E-state index in [1.165, 1.54) is 32.3 Å². The molecule has 3 heterocycles. The molecule has 0 N–H and O–H groups in total. The number of thiophene rings is 1. The van der Waals surface area contributed by atoms with Crippen molar-refractivity contribution in [2.24, 2.45) is 0 Å². The minimum atomic E-state index is -0.550. The molecule has 61 heavy (non-hydrogen) atoms. The lowest BCUT2D eigenvalue weighted by molar-refractivity contribution is 0.436. The van der Waals surface area contributed by atoms with Crippen molar-refractivity contribution in [1.29, 1.82) is 0 Å². The van der Waals surface area contributed by atoms with Gasteiger partial charge in [-0.05, 0) is 79.5 Å². The summed E-state index contributed by atoms with van der Waals surface area (Å²) in [6.45, 7) is 0. The van der Waals surface area contributed by atoms with Gasteiger partial charge in [0.15, 0.2) is 5.82 Å². The van der Waals surface area contributed by atoms with Crippen molar-refractivity contribution in [2.75, 3.05) is 0 Å². The third-order valence-electron chi connectivity index (χ3n) is 12.8. The zero-order chi connectivity index (χ0) is 40.1. The van der Waals surface area contributed by atoms with Crippen molar-refractivity contribution in [1.82, 2.24) is 9.97 Å². The Kier molecular flexibility index (Phi) is 7.39. The van der Waals surface area contributed by atoms with Gasteiger partial charge in [-0.3, -0.25) is 0 Å². The van der Waals surface area contributed by atoms with E-state index < -0.39 is 5.41 Å². The maximum atomic E-state index is 6.64. The fourth-order valence-corrected chi connectivity index (χ4v) is 11.4. The first kappa shape index (κ1) is 34.2. The summed E-state index contributed by atoms with van der Waals surface area (Å²) in [6.07, 6.45) is 0. The molecule has 2 aliphatic rings. The van der Waals surface area contributed by atoms with Crippen LogP contribution in [0.1, 0.15) is 22.3 Å². The second-order valence-electron chi connectivity index (χ2n) is 15.9. The average Bonchev–Trinajstić information content (AvgIpc) is 3.85. The summed E-state index contributed by atoms with van der Waals surface area (Å²) in [4.78, 5) is 10.9. The molecule has 0 atom stereocenters. The normalized spacial score (nSPS) is 13.2. The molecule has 11 aromatic rings. The highest BCUT2D eigenvalue weighted by molar-refractivity contribution is 7.26. The van der Waals surface area contributed by atoms with Crippen molar-refractivity contribution in [3.8, 4) is 67.5 Å². The zero-order valence-electron chi connectivity index (χ0n) is 32.8. The van der Waals surface area contributed by atoms with E-state index in [0.29, 0.717) is 0 Å². The van der Waals surface area contributed by atoms with Crippen LogP contribution in [0.15, 0.2) is 206 Å². The molecular weight excluding hydrogens is 761 g/mol. The number of aromatic nitrogens is 2. The highest BCUT2D eigenvalue weighted by Crippen LogP contribution is 2.62. The topological polar surface area (TPSA) is 35.0 Å². The first-order chi connectivity index (χ1) is 30.3. The van der Waals surface area contributed by atoms with Crippen LogP contribution in [0.3, 0.4) is 0 Å². The summed E-state index contributed by atoms with van der Waals surface area (Å²) in [5, 5.41) is 3.45. The summed E-state index contributed by atoms with van der Waals surface area (Å²) < 4.78 is 8.93. The molecule has 1 aliphatic carbocycles. The van der Waals surface area contributed by atoms with E-state index in [2.05, 4.69) is 206 Å². The molecule has 1 spiro atoms. The molecule has 1 aliphatic heterocycles. The number of nitrogens with zero attached hydrogens (tertiary/aromatic N) is 2. The van der Waals surface area contributed by atoms with E-state index in [9.17, 15) is 0 Å². The SMILES string of the molecule is c1ccc2c(c1)Oc1ccccc1C21c2ccccc2-c2ccc(-c3ccccc3-c3ccccc3-c3nc(-c4cccc5ccccc45)nc4c3sc3ccccc34)cc21. The quantitative estimate of drug-likeness (QED) is 0.178. The van der Waals surface area contributed by atoms with Crippen LogP contribution in [-0.4, -0.2) is 9.97 Å². The van der Waals surface area contributed by atoms with Gasteiger partial charge >= 0.3 is 0 Å². The molecular formula is C57H34N2OS. The molecule has 0 fully saturated rings. The Labute approximate surface area is 356 Å². The second kappa shape index (κ2) is 13.2. The lowest BCUT2D eigenvalue weighted by atomic mass is 9.66. The molecule has 3 nitrogen and oxygen atoms in total. The Morgan fingerprint density at radius 3 is 1.74 bits per heavy atom. The minimum Gasteiger partial charge on any atom is -0.457 e. The smallest absolute Gasteiger partial charge is 0.161 e. The van der Waals surface area contributed by atoms with Gasteiger partial charge in [0.1, 0.15) is 11.5 Å². The predicted molar refractivity (Wildman–Crippen MR) is 252 cm³/mol. The Hall–Kier alpha value is -7.66. The lowest BCUT2D eigenvalue weighted by Gasteiger charge is -2.39. The van der Waals surface area contributed by atoms with Crippen LogP contribution in [-0.2, 0) is 5.41 Å². The maximum absolute atomic E-state index is 6.64. The molecule has 2 aromatic heterocycles. The molecule has 0 unspecified atom stereocenters. The van der Waals surface area contributed by atoms with Gasteiger partial charge in [0.25, 0.3) is 0 Å². The standard InChI is InChI=1S/C57H34N2OS/c1-2-18-37-35(16-1)17-15-25-44(37)56-58-53(55-54(59-56)45-24-8-14-31-52(45)61-55)43-23-6-5-21-40(43)39-20-4-3-19-38(39)36-32-33-42-41-22-7-9-26-46(41)57(49(42)34-36)47-27-10-12-29-50(47)60-51-30-13-11-28-48(51)57/h1-34H. The van der Waals surface area contributed by atoms with Gasteiger partial charge < -0.3 is 4.74 Å². The predicted octanol–water partition coefficient (Wildman–Crippen LogP) is 15.1. The number of para-hydroxylation sites is 2. The summed E-state index contributed by atoms with van der Waals surface area (Å²) in [5.41, 5.74) is 15.4. The third kappa shape index (κ3) is 4.91. The third-order valence-corrected chi connectivity index (χ3v) is 14.0. The van der Waals surface area contributed by atoms with E-state index in [1.54, 1.807) is 11.3 Å². The summed E-state index contributed by atoms with van der Waals surface area (Å²) in [6, 6.07) is 74.3. The fourth-order valence-electron chi connectivity index (χ4n) is 10.2. The number of rotatable bonds is 4. The van der Waals surface area contributed by atoms with Gasteiger partial charge in [0, 0.05) is 32.3 Å². The molecule has 0 amide bonds. The van der Waals surface area contributed by atoms with Crippen LogP contribution in [0.25, 0.3) is 87.1 Å². The zero-order valence-corrected chi connectivity index (χ0v) is 33.7. The second-order valence-corrected chi connectivity index (χ2v) is 17.0. The lowest BCUT2D eigenvalue weighted by Crippen LogP contribution is -2.32. The number of hydrogen-bond acceptors (Lipinski definition) is 4. The van der Waals surface area contributed by atoms with E-state index >= 15 is 0 Å². The molecule has 13 rings (SSSR count). The number of ether oxygens (including phenoxy) is 1. The van der Waals surface area contributed by atoms with E-state index in [1.807, 2.05) is 0 Å². The van der Waals surface area contributed by atoms with Crippen LogP contribution < -0.4 is 4.74 Å². The monoisotopic (exact) mass is 794 g/mol. The number of benzene rings is 9. The first-order valence-corrected chi connectivity index (χ1v) is 21.6. The van der Waals surface area contributed by atoms with Crippen molar-refractivity contribution < 1.29 is 4.74 Å². The molecule has 0 bridgehead atoms. The van der Waals surface area contributed by atoms with Gasteiger partial charge in [-0.1, -0.05) is 182 Å². The van der Waals surface area contributed by atoms with E-state index in [-0.39, 0.29) is 0 Å². The van der Waals surface area contributed by atoms with Gasteiger partial charge in [-0.25, -0.2) is 9.97 Å². The van der Waals surface area contributed by atoms with Gasteiger partial charge in [0.2, 0.25) is 0 Å². The largest absolute Gasteiger partial charge is 0.457 e. The Morgan fingerprint density at radius 2 is 0.951 bits per heavy atom. The fraction of sp³-hybridized carbons (Fsp3) is 0.0175. The molecule has 0 saturated heterocycles. The van der Waals surface area contributed by atoms with Crippen molar-refractivity contribution in [3.63, 3.8) is 0 Å². The maximum Gasteiger partial charge on any atom is 0.161 e. The van der Waals surface area contributed by atoms with Crippen LogP contribution in [0, 0.1) is 0 Å². The summed E-state index contributed by atoms with van der Waals surface area (Å²) in [5.74, 6) is 2.51. The van der Waals surface area contributed by atoms with Crippen molar-refractivity contribution >= 4 is 42.4 Å². The first-order valence-electron chi connectivity index (χ1n) is 20.7. The molecule has 9 aromatic carbocycles. The molecule has 284 valence electrons. The summed E-state index contributed by atoms with van der Waals surface area (Å²) >= 11 is 1.77. The summed E-state index contributed by atoms with van der Waals surface area (Å²) in [7, 11) is 0. The highest BCUT2D eigenvalue weighted by atomic mass is 32.1. The highest BCUT2D eigenvalue weighted by Gasteiger charge is 2.51. The minimum absolute atomic E-state index is 0.550. The van der Waals surface area contributed by atoms with Gasteiger partial charge in [-0.2, -0.15) is 0 Å². The Bertz CT molecular complexity index is 3550. The van der Waals surface area contributed by atoms with Crippen molar-refractivity contribution in [3.05, 3.63) is 229 Å². The Balaban J connectivity index is 1.05. The van der Waals surface area contributed by atoms with Crippen LogP contribution in [0.2, 0.25) is 0 Å².